The smallest absolute Gasteiger partial charge is 0.307 e. The maximum absolute atomic E-state index is 13.7. The Bertz CT molecular complexity index is 1130. The van der Waals surface area contributed by atoms with Crippen molar-refractivity contribution in [2.24, 2.45) is 5.92 Å². The van der Waals surface area contributed by atoms with Crippen LogP contribution in [-0.2, 0) is 20.7 Å². The summed E-state index contributed by atoms with van der Waals surface area (Å²) in [6.07, 6.45) is 1.70. The standard InChI is InChI=1S/C27H31FN2O6/c1-34-23-14-19-10-13-30(22(16-25(31)36-3)21(19)15-24(23)35-2)27(33)18-8-11-29(12-9-18)26(32)17-4-6-20(28)7-5-17/h4-7,14-15,18,22H,8-13,16H2,1-3H3. The van der Waals surface area contributed by atoms with Crippen molar-refractivity contribution in [3.8, 4) is 11.5 Å². The highest BCUT2D eigenvalue weighted by molar-refractivity contribution is 5.94. The molecule has 0 N–H and O–H groups in total. The number of halogens is 1. The van der Waals surface area contributed by atoms with Gasteiger partial charge >= 0.3 is 5.97 Å². The fraction of sp³-hybridized carbons (Fsp3) is 0.444. The van der Waals surface area contributed by atoms with Crippen LogP contribution < -0.4 is 9.47 Å². The minimum absolute atomic E-state index is 0.0294. The number of hydrogen-bond donors (Lipinski definition) is 0. The quantitative estimate of drug-likeness (QED) is 0.568. The van der Waals surface area contributed by atoms with Crippen LogP contribution in [0.25, 0.3) is 0 Å². The van der Waals surface area contributed by atoms with E-state index in [0.29, 0.717) is 56.0 Å². The second-order valence-corrected chi connectivity index (χ2v) is 9.06. The second-order valence-electron chi connectivity index (χ2n) is 9.06. The van der Waals surface area contributed by atoms with Gasteiger partial charge < -0.3 is 24.0 Å². The first-order chi connectivity index (χ1) is 17.4. The second kappa shape index (κ2) is 11.0. The third-order valence-corrected chi connectivity index (χ3v) is 7.10. The summed E-state index contributed by atoms with van der Waals surface area (Å²) in [6.45, 7) is 1.34. The Morgan fingerprint density at radius 3 is 2.19 bits per heavy atom. The molecule has 0 aliphatic carbocycles. The fourth-order valence-electron chi connectivity index (χ4n) is 5.09. The number of benzene rings is 2. The number of rotatable bonds is 6. The zero-order valence-corrected chi connectivity index (χ0v) is 20.8. The Labute approximate surface area is 209 Å². The van der Waals surface area contributed by atoms with E-state index in [1.165, 1.54) is 31.4 Å². The van der Waals surface area contributed by atoms with Crippen molar-refractivity contribution in [2.75, 3.05) is 41.0 Å². The van der Waals surface area contributed by atoms with E-state index in [1.54, 1.807) is 24.0 Å². The predicted molar refractivity (Wildman–Crippen MR) is 129 cm³/mol. The largest absolute Gasteiger partial charge is 0.493 e. The average molecular weight is 499 g/mol. The van der Waals surface area contributed by atoms with Crippen LogP contribution in [0.2, 0.25) is 0 Å². The van der Waals surface area contributed by atoms with Crippen molar-refractivity contribution < 1.29 is 33.0 Å². The Kier molecular flexibility index (Phi) is 7.76. The zero-order chi connectivity index (χ0) is 25.8. The number of likely N-dealkylation sites (tertiary alicyclic amines) is 1. The molecule has 1 fully saturated rings. The molecule has 0 spiro atoms. The molecule has 2 aliphatic heterocycles. The summed E-state index contributed by atoms with van der Waals surface area (Å²) in [4.78, 5) is 42.2. The number of nitrogens with zero attached hydrogens (tertiary/aromatic N) is 2. The van der Waals surface area contributed by atoms with Crippen LogP contribution in [-0.4, -0.2) is 68.5 Å². The van der Waals surface area contributed by atoms with Crippen LogP contribution in [0.5, 0.6) is 11.5 Å². The number of carbonyl (C=O) groups is 3. The van der Waals surface area contributed by atoms with Crippen molar-refractivity contribution in [1.82, 2.24) is 9.80 Å². The molecule has 9 heteroatoms. The molecule has 36 heavy (non-hydrogen) atoms. The minimum atomic E-state index is -0.479. The lowest BCUT2D eigenvalue weighted by Gasteiger charge is -2.41. The summed E-state index contributed by atoms with van der Waals surface area (Å²) in [6, 6.07) is 8.74. The first-order valence-electron chi connectivity index (χ1n) is 12.0. The van der Waals surface area contributed by atoms with Gasteiger partial charge in [0.2, 0.25) is 5.91 Å². The number of hydrogen-bond acceptors (Lipinski definition) is 6. The molecule has 0 radical (unpaired) electrons. The van der Waals surface area contributed by atoms with E-state index in [4.69, 9.17) is 14.2 Å². The van der Waals surface area contributed by atoms with E-state index < -0.39 is 17.8 Å². The normalized spacial score (nSPS) is 17.8. The van der Waals surface area contributed by atoms with Crippen LogP contribution in [0, 0.1) is 11.7 Å². The van der Waals surface area contributed by atoms with E-state index in [9.17, 15) is 18.8 Å². The van der Waals surface area contributed by atoms with Gasteiger partial charge in [-0.05, 0) is 66.8 Å². The molecule has 1 atom stereocenters. The van der Waals surface area contributed by atoms with Gasteiger partial charge in [0.1, 0.15) is 5.82 Å². The van der Waals surface area contributed by atoms with Crippen LogP contribution in [0.4, 0.5) is 4.39 Å². The Balaban J connectivity index is 1.50. The van der Waals surface area contributed by atoms with E-state index in [-0.39, 0.29) is 24.2 Å². The van der Waals surface area contributed by atoms with Crippen LogP contribution in [0.15, 0.2) is 36.4 Å². The predicted octanol–water partition coefficient (Wildman–Crippen LogP) is 3.38. The maximum atomic E-state index is 13.7. The fourth-order valence-corrected chi connectivity index (χ4v) is 5.09. The molecule has 1 saturated heterocycles. The summed E-state index contributed by atoms with van der Waals surface area (Å²) < 4.78 is 29.0. The SMILES string of the molecule is COC(=O)CC1c2cc(OC)c(OC)cc2CCN1C(=O)C1CCN(C(=O)c2ccc(F)cc2)CC1. The third-order valence-electron chi connectivity index (χ3n) is 7.10. The molecule has 2 amide bonds. The maximum Gasteiger partial charge on any atom is 0.307 e. The van der Waals surface area contributed by atoms with Crippen LogP contribution >= 0.6 is 0 Å². The lowest BCUT2D eigenvalue weighted by molar-refractivity contribution is -0.146. The lowest BCUT2D eigenvalue weighted by atomic mass is 9.87. The molecule has 1 unspecified atom stereocenters. The van der Waals surface area contributed by atoms with Crippen molar-refractivity contribution in [3.05, 3.63) is 58.9 Å². The number of ether oxygens (including phenoxy) is 3. The number of piperidine rings is 1. The monoisotopic (exact) mass is 498 g/mol. The molecule has 2 aromatic carbocycles. The molecular formula is C27H31FN2O6. The number of fused-ring (bicyclic) bond motifs is 1. The number of carbonyl (C=O) groups excluding carboxylic acids is 3. The Morgan fingerprint density at radius 1 is 0.944 bits per heavy atom. The van der Waals surface area contributed by atoms with Crippen LogP contribution in [0.1, 0.15) is 46.8 Å². The molecule has 0 bridgehead atoms. The lowest BCUT2D eigenvalue weighted by Crippen LogP contribution is -2.47. The van der Waals surface area contributed by atoms with E-state index in [0.717, 1.165) is 11.1 Å². The van der Waals surface area contributed by atoms with Crippen molar-refractivity contribution >= 4 is 17.8 Å². The Hall–Kier alpha value is -3.62. The van der Waals surface area contributed by atoms with Gasteiger partial charge in [-0.1, -0.05) is 0 Å². The van der Waals surface area contributed by atoms with E-state index in [2.05, 4.69) is 0 Å². The third kappa shape index (κ3) is 5.15. The van der Waals surface area contributed by atoms with Crippen molar-refractivity contribution in [2.45, 2.75) is 31.7 Å². The van der Waals surface area contributed by atoms with Crippen molar-refractivity contribution in [1.29, 1.82) is 0 Å². The molecule has 2 aliphatic rings. The minimum Gasteiger partial charge on any atom is -0.493 e. The van der Waals surface area contributed by atoms with Gasteiger partial charge in [-0.2, -0.15) is 0 Å². The first-order valence-corrected chi connectivity index (χ1v) is 12.0. The van der Waals surface area contributed by atoms with Gasteiger partial charge in [-0.3, -0.25) is 14.4 Å². The summed E-state index contributed by atoms with van der Waals surface area (Å²) in [5.74, 6) is -0.115. The van der Waals surface area contributed by atoms with Crippen molar-refractivity contribution in [3.63, 3.8) is 0 Å². The highest BCUT2D eigenvalue weighted by Gasteiger charge is 2.38. The molecule has 0 saturated carbocycles. The van der Waals surface area contributed by atoms with E-state index >= 15 is 0 Å². The van der Waals surface area contributed by atoms with Gasteiger partial charge in [0.15, 0.2) is 11.5 Å². The molecule has 0 aromatic heterocycles. The summed E-state index contributed by atoms with van der Waals surface area (Å²) in [7, 11) is 4.45. The highest BCUT2D eigenvalue weighted by Crippen LogP contribution is 2.40. The van der Waals surface area contributed by atoms with E-state index in [1.807, 2.05) is 12.1 Å². The topological polar surface area (TPSA) is 85.4 Å². The molecule has 192 valence electrons. The van der Waals surface area contributed by atoms with Gasteiger partial charge in [0.25, 0.3) is 5.91 Å². The number of esters is 1. The molecule has 8 nitrogen and oxygen atoms in total. The summed E-state index contributed by atoms with van der Waals surface area (Å²) >= 11 is 0. The molecule has 2 heterocycles. The van der Waals surface area contributed by atoms with Gasteiger partial charge in [-0.25, -0.2) is 4.39 Å². The number of amides is 2. The molecular weight excluding hydrogens is 467 g/mol. The summed E-state index contributed by atoms with van der Waals surface area (Å²) in [5.41, 5.74) is 2.28. The summed E-state index contributed by atoms with van der Waals surface area (Å²) in [5, 5.41) is 0. The van der Waals surface area contributed by atoms with Gasteiger partial charge in [0, 0.05) is 31.1 Å². The van der Waals surface area contributed by atoms with Crippen LogP contribution in [0.3, 0.4) is 0 Å². The van der Waals surface area contributed by atoms with Gasteiger partial charge in [-0.15, -0.1) is 0 Å². The average Bonchev–Trinajstić information content (AvgIpc) is 2.92. The molecule has 2 aromatic rings. The zero-order valence-electron chi connectivity index (χ0n) is 20.8. The number of methoxy groups -OCH3 is 3. The highest BCUT2D eigenvalue weighted by atomic mass is 19.1. The first kappa shape index (κ1) is 25.5. The van der Waals surface area contributed by atoms with Gasteiger partial charge in [0.05, 0.1) is 33.8 Å². The Morgan fingerprint density at radius 2 is 1.58 bits per heavy atom. The molecule has 4 rings (SSSR count).